The maximum absolute atomic E-state index is 5.59. The Kier molecular flexibility index (Phi) is 6.18. The monoisotopic (exact) mass is 414 g/mol. The van der Waals surface area contributed by atoms with Gasteiger partial charge in [-0.2, -0.15) is 9.97 Å². The molecule has 2 aromatic heterocycles. The van der Waals surface area contributed by atoms with Crippen LogP contribution >= 0.6 is 12.2 Å². The number of furan rings is 1. The highest BCUT2D eigenvalue weighted by Gasteiger charge is 2.23. The molecule has 2 aromatic rings. The molecule has 1 unspecified atom stereocenters. The van der Waals surface area contributed by atoms with Crippen LogP contribution in [0.4, 0.5) is 17.6 Å². The van der Waals surface area contributed by atoms with Crippen LogP contribution in [0.2, 0.25) is 0 Å². The van der Waals surface area contributed by atoms with Gasteiger partial charge in [0.05, 0.1) is 6.54 Å². The second-order valence-corrected chi connectivity index (χ2v) is 8.37. The van der Waals surface area contributed by atoms with Gasteiger partial charge < -0.3 is 24.9 Å². The Hall–Kier alpha value is -2.35. The average molecular weight is 415 g/mol. The quantitative estimate of drug-likeness (QED) is 0.715. The minimum Gasteiger partial charge on any atom is -0.465 e. The van der Waals surface area contributed by atoms with Crippen molar-refractivity contribution in [3.63, 3.8) is 0 Å². The number of thiocarbonyl (C=S) groups is 1. The van der Waals surface area contributed by atoms with E-state index < -0.39 is 0 Å². The van der Waals surface area contributed by atoms with E-state index in [2.05, 4.69) is 33.4 Å². The fourth-order valence-electron chi connectivity index (χ4n) is 4.07. The number of nitrogens with one attached hydrogen (secondary N) is 2. The first-order valence-electron chi connectivity index (χ1n) is 10.6. The first kappa shape index (κ1) is 19.9. The average Bonchev–Trinajstić information content (AvgIpc) is 3.38. The molecular weight excluding hydrogens is 384 g/mol. The van der Waals surface area contributed by atoms with E-state index in [1.54, 1.807) is 0 Å². The zero-order chi connectivity index (χ0) is 20.2. The maximum atomic E-state index is 5.59. The minimum absolute atomic E-state index is 0.491. The van der Waals surface area contributed by atoms with Crippen LogP contribution in [0.3, 0.4) is 0 Å². The van der Waals surface area contributed by atoms with Crippen molar-refractivity contribution in [3.05, 3.63) is 29.7 Å². The summed E-state index contributed by atoms with van der Waals surface area (Å²) in [6, 6.07) is 6.53. The van der Waals surface area contributed by atoms with Gasteiger partial charge in [0.2, 0.25) is 5.95 Å². The van der Waals surface area contributed by atoms with Crippen LogP contribution in [0.5, 0.6) is 0 Å². The zero-order valence-electron chi connectivity index (χ0n) is 17.3. The molecule has 156 valence electrons. The largest absolute Gasteiger partial charge is 0.465 e. The van der Waals surface area contributed by atoms with Crippen molar-refractivity contribution in [3.8, 4) is 0 Å². The molecule has 29 heavy (non-hydrogen) atoms. The Morgan fingerprint density at radius 1 is 1.14 bits per heavy atom. The smallest absolute Gasteiger partial charge is 0.232 e. The standard InChI is InChI=1S/C21H30N6OS/c1-15-7-3-4-12-27(15)19-13-18(26-10-5-6-11-26)23-20(24-19)25-21(29)22-14-17-9-8-16(2)28-17/h8-9,13,15H,3-7,10-12,14H2,1-2H3,(H2,22,23,24,25,29). The fourth-order valence-corrected chi connectivity index (χ4v) is 4.23. The number of hydrogen-bond acceptors (Lipinski definition) is 6. The third kappa shape index (κ3) is 4.98. The number of nitrogens with zero attached hydrogens (tertiary/aromatic N) is 4. The highest BCUT2D eigenvalue weighted by molar-refractivity contribution is 7.80. The number of hydrogen-bond donors (Lipinski definition) is 2. The molecule has 7 nitrogen and oxygen atoms in total. The lowest BCUT2D eigenvalue weighted by Crippen LogP contribution is -2.38. The number of aromatic nitrogens is 2. The van der Waals surface area contributed by atoms with Crippen LogP contribution in [0, 0.1) is 6.92 Å². The normalized spacial score (nSPS) is 19.4. The van der Waals surface area contributed by atoms with E-state index in [0.717, 1.165) is 42.8 Å². The Labute approximate surface area is 177 Å². The predicted molar refractivity (Wildman–Crippen MR) is 121 cm³/mol. The van der Waals surface area contributed by atoms with Gasteiger partial charge in [0, 0.05) is 31.7 Å². The molecule has 0 spiro atoms. The summed E-state index contributed by atoms with van der Waals surface area (Å²) in [7, 11) is 0. The van der Waals surface area contributed by atoms with Crippen LogP contribution in [0.15, 0.2) is 22.6 Å². The molecule has 4 rings (SSSR count). The third-order valence-corrected chi connectivity index (χ3v) is 5.92. The van der Waals surface area contributed by atoms with Gasteiger partial charge in [0.25, 0.3) is 0 Å². The van der Waals surface area contributed by atoms with Crippen molar-refractivity contribution in [2.24, 2.45) is 0 Å². The summed E-state index contributed by atoms with van der Waals surface area (Å²) in [6.07, 6.45) is 6.12. The SMILES string of the molecule is Cc1ccc(CNC(=S)Nc2nc(N3CCCC3)cc(N3CCCCC3C)n2)o1. The predicted octanol–water partition coefficient (Wildman–Crippen LogP) is 3.84. The van der Waals surface area contributed by atoms with E-state index in [1.165, 1.54) is 32.1 Å². The Balaban J connectivity index is 1.50. The van der Waals surface area contributed by atoms with Crippen molar-refractivity contribution in [2.75, 3.05) is 34.8 Å². The van der Waals surface area contributed by atoms with Gasteiger partial charge in [-0.25, -0.2) is 0 Å². The molecule has 8 heteroatoms. The Morgan fingerprint density at radius 3 is 2.62 bits per heavy atom. The van der Waals surface area contributed by atoms with Crippen molar-refractivity contribution in [1.82, 2.24) is 15.3 Å². The van der Waals surface area contributed by atoms with E-state index in [9.17, 15) is 0 Å². The molecule has 0 aromatic carbocycles. The lowest BCUT2D eigenvalue weighted by atomic mass is 10.0. The molecule has 0 amide bonds. The van der Waals surface area contributed by atoms with Crippen LogP contribution < -0.4 is 20.4 Å². The highest BCUT2D eigenvalue weighted by Crippen LogP contribution is 2.28. The highest BCUT2D eigenvalue weighted by atomic mass is 32.1. The molecule has 0 radical (unpaired) electrons. The molecule has 2 fully saturated rings. The van der Waals surface area contributed by atoms with E-state index in [0.29, 0.717) is 23.6 Å². The molecule has 1 atom stereocenters. The third-order valence-electron chi connectivity index (χ3n) is 5.67. The van der Waals surface area contributed by atoms with E-state index in [1.807, 2.05) is 19.1 Å². The lowest BCUT2D eigenvalue weighted by molar-refractivity contribution is 0.478. The Bertz CT molecular complexity index is 847. The summed E-state index contributed by atoms with van der Waals surface area (Å²) in [5.74, 6) is 4.26. The molecular formula is C21H30N6OS. The second-order valence-electron chi connectivity index (χ2n) is 7.96. The number of aryl methyl sites for hydroxylation is 1. The topological polar surface area (TPSA) is 69.5 Å². The van der Waals surface area contributed by atoms with Crippen LogP contribution in [-0.4, -0.2) is 40.8 Å². The van der Waals surface area contributed by atoms with Gasteiger partial charge in [-0.1, -0.05) is 0 Å². The minimum atomic E-state index is 0.491. The molecule has 0 bridgehead atoms. The molecule has 2 aliphatic rings. The number of rotatable bonds is 5. The van der Waals surface area contributed by atoms with Crippen molar-refractivity contribution < 1.29 is 4.42 Å². The van der Waals surface area contributed by atoms with E-state index in [4.69, 9.17) is 26.6 Å². The van der Waals surface area contributed by atoms with Crippen LogP contribution in [-0.2, 0) is 6.54 Å². The fraction of sp³-hybridized carbons (Fsp3) is 0.571. The van der Waals surface area contributed by atoms with Crippen molar-refractivity contribution in [2.45, 2.75) is 58.5 Å². The van der Waals surface area contributed by atoms with Gasteiger partial charge in [0.15, 0.2) is 5.11 Å². The Morgan fingerprint density at radius 2 is 1.90 bits per heavy atom. The molecule has 0 aliphatic carbocycles. The van der Waals surface area contributed by atoms with E-state index in [-0.39, 0.29) is 0 Å². The van der Waals surface area contributed by atoms with Crippen molar-refractivity contribution >= 4 is 34.9 Å². The first-order chi connectivity index (χ1) is 14.1. The molecule has 4 heterocycles. The number of anilines is 3. The first-order valence-corrected chi connectivity index (χ1v) is 11.0. The molecule has 2 aliphatic heterocycles. The zero-order valence-corrected chi connectivity index (χ0v) is 18.1. The summed E-state index contributed by atoms with van der Waals surface area (Å²) in [4.78, 5) is 14.3. The van der Waals surface area contributed by atoms with Gasteiger partial charge in [-0.3, -0.25) is 0 Å². The summed E-state index contributed by atoms with van der Waals surface area (Å²) >= 11 is 5.47. The molecule has 2 saturated heterocycles. The number of piperidine rings is 1. The summed E-state index contributed by atoms with van der Waals surface area (Å²) in [5.41, 5.74) is 0. The lowest BCUT2D eigenvalue weighted by Gasteiger charge is -2.35. The summed E-state index contributed by atoms with van der Waals surface area (Å²) < 4.78 is 5.59. The van der Waals surface area contributed by atoms with Crippen molar-refractivity contribution in [1.29, 1.82) is 0 Å². The van der Waals surface area contributed by atoms with Gasteiger partial charge in [0.1, 0.15) is 23.2 Å². The van der Waals surface area contributed by atoms with Crippen LogP contribution in [0.1, 0.15) is 50.5 Å². The van der Waals surface area contributed by atoms with Gasteiger partial charge in [-0.15, -0.1) is 0 Å². The van der Waals surface area contributed by atoms with E-state index >= 15 is 0 Å². The van der Waals surface area contributed by atoms with Crippen LogP contribution in [0.25, 0.3) is 0 Å². The summed E-state index contributed by atoms with van der Waals surface area (Å²) in [6.45, 7) is 7.87. The summed E-state index contributed by atoms with van der Waals surface area (Å²) in [5, 5.41) is 6.85. The molecule has 2 N–H and O–H groups in total. The molecule has 0 saturated carbocycles. The second kappa shape index (κ2) is 8.98. The van der Waals surface area contributed by atoms with Gasteiger partial charge in [-0.05, 0) is 70.3 Å². The maximum Gasteiger partial charge on any atom is 0.232 e. The van der Waals surface area contributed by atoms with Gasteiger partial charge >= 0.3 is 0 Å².